The van der Waals surface area contributed by atoms with Gasteiger partial charge in [0.2, 0.25) is 0 Å². The van der Waals surface area contributed by atoms with Gasteiger partial charge in [-0.3, -0.25) is 9.59 Å². The van der Waals surface area contributed by atoms with Crippen LogP contribution in [0.2, 0.25) is 0 Å². The highest BCUT2D eigenvalue weighted by Gasteiger charge is 2.19. The number of ketones is 1. The van der Waals surface area contributed by atoms with Gasteiger partial charge < -0.3 is 0 Å². The topological polar surface area (TPSA) is 58.5 Å². The minimum absolute atomic E-state index is 0.0841. The van der Waals surface area contributed by atoms with Crippen LogP contribution in [-0.4, -0.2) is 17.9 Å². The van der Waals surface area contributed by atoms with Crippen LogP contribution in [0.1, 0.15) is 43.1 Å². The Bertz CT molecular complexity index is 482. The highest BCUT2D eigenvalue weighted by Crippen LogP contribution is 2.15. The van der Waals surface area contributed by atoms with Gasteiger partial charge in [0.05, 0.1) is 0 Å². The van der Waals surface area contributed by atoms with Crippen LogP contribution in [-0.2, 0) is 4.79 Å². The van der Waals surface area contributed by atoms with Crippen LogP contribution in [0.25, 0.3) is 0 Å². The number of rotatable bonds is 4. The zero-order valence-electron chi connectivity index (χ0n) is 11.9. The smallest absolute Gasteiger partial charge is 0.271 e. The van der Waals surface area contributed by atoms with E-state index >= 15 is 0 Å². The van der Waals surface area contributed by atoms with Gasteiger partial charge in [-0.15, -0.1) is 0 Å². The van der Waals surface area contributed by atoms with E-state index in [4.69, 9.17) is 0 Å². The number of benzene rings is 1. The number of hydrazone groups is 1. The summed E-state index contributed by atoms with van der Waals surface area (Å²) < 4.78 is 0. The SMILES string of the molecule is Cc1ccc(C(=O)NN=CCC(=O)C(C)(C)C)cc1. The lowest BCUT2D eigenvalue weighted by Gasteiger charge is -2.14. The van der Waals surface area contributed by atoms with Crippen molar-refractivity contribution in [1.82, 2.24) is 5.43 Å². The number of nitrogens with one attached hydrogen (secondary N) is 1. The second-order valence-corrected chi connectivity index (χ2v) is 5.50. The molecule has 0 aliphatic carbocycles. The Hall–Kier alpha value is -1.97. The Morgan fingerprint density at radius 3 is 2.32 bits per heavy atom. The first kappa shape index (κ1) is 15.1. The minimum atomic E-state index is -0.382. The molecule has 4 heteroatoms. The molecule has 0 saturated heterocycles. The standard InChI is InChI=1S/C15H20N2O2/c1-11-5-7-12(8-6-11)14(19)17-16-10-9-13(18)15(2,3)4/h5-8,10H,9H2,1-4H3,(H,17,19). The van der Waals surface area contributed by atoms with Crippen LogP contribution in [0, 0.1) is 12.3 Å². The van der Waals surface area contributed by atoms with Crippen molar-refractivity contribution in [2.75, 3.05) is 0 Å². The van der Waals surface area contributed by atoms with E-state index in [-0.39, 0.29) is 23.5 Å². The van der Waals surface area contributed by atoms with Gasteiger partial charge in [0.1, 0.15) is 5.78 Å². The number of amides is 1. The first-order valence-electron chi connectivity index (χ1n) is 6.22. The lowest BCUT2D eigenvalue weighted by Crippen LogP contribution is -2.21. The van der Waals surface area contributed by atoms with Crippen molar-refractivity contribution in [1.29, 1.82) is 0 Å². The molecule has 0 saturated carbocycles. The fraction of sp³-hybridized carbons (Fsp3) is 0.400. The number of nitrogens with zero attached hydrogens (tertiary/aromatic N) is 1. The molecule has 4 nitrogen and oxygen atoms in total. The fourth-order valence-corrected chi connectivity index (χ4v) is 1.31. The van der Waals surface area contributed by atoms with E-state index in [1.54, 1.807) is 12.1 Å². The normalized spacial score (nSPS) is 11.6. The van der Waals surface area contributed by atoms with Crippen molar-refractivity contribution in [3.8, 4) is 0 Å². The van der Waals surface area contributed by atoms with Crippen molar-refractivity contribution in [3.63, 3.8) is 0 Å². The Morgan fingerprint density at radius 2 is 1.79 bits per heavy atom. The van der Waals surface area contributed by atoms with Crippen molar-refractivity contribution < 1.29 is 9.59 Å². The lowest BCUT2D eigenvalue weighted by atomic mass is 9.89. The highest BCUT2D eigenvalue weighted by molar-refractivity contribution is 5.96. The molecule has 1 N–H and O–H groups in total. The van der Waals surface area contributed by atoms with Gasteiger partial charge in [0, 0.05) is 23.6 Å². The van der Waals surface area contributed by atoms with Gasteiger partial charge >= 0.3 is 0 Å². The maximum Gasteiger partial charge on any atom is 0.271 e. The monoisotopic (exact) mass is 260 g/mol. The summed E-state index contributed by atoms with van der Waals surface area (Å²) in [6, 6.07) is 7.20. The number of hydrogen-bond donors (Lipinski definition) is 1. The summed E-state index contributed by atoms with van der Waals surface area (Å²) >= 11 is 0. The average molecular weight is 260 g/mol. The quantitative estimate of drug-likeness (QED) is 0.668. The Balaban J connectivity index is 2.47. The van der Waals surface area contributed by atoms with Gasteiger partial charge in [-0.2, -0.15) is 5.10 Å². The molecule has 0 unspecified atom stereocenters. The van der Waals surface area contributed by atoms with Crippen molar-refractivity contribution in [2.45, 2.75) is 34.1 Å². The van der Waals surface area contributed by atoms with Crippen LogP contribution in [0.3, 0.4) is 0 Å². The molecule has 19 heavy (non-hydrogen) atoms. The first-order valence-corrected chi connectivity index (χ1v) is 6.22. The minimum Gasteiger partial charge on any atom is -0.299 e. The predicted molar refractivity (Wildman–Crippen MR) is 76.2 cm³/mol. The maximum absolute atomic E-state index is 11.7. The van der Waals surface area contributed by atoms with E-state index in [1.165, 1.54) is 6.21 Å². The summed E-state index contributed by atoms with van der Waals surface area (Å²) in [6.07, 6.45) is 1.65. The van der Waals surface area contributed by atoms with Crippen LogP contribution < -0.4 is 5.43 Å². The average Bonchev–Trinajstić information content (AvgIpc) is 2.33. The van der Waals surface area contributed by atoms with Gasteiger partial charge in [-0.1, -0.05) is 38.5 Å². The number of Topliss-reactive ketones (excluding diaryl/α,β-unsaturated/α-hetero) is 1. The van der Waals surface area contributed by atoms with Gasteiger partial charge in [-0.05, 0) is 19.1 Å². The zero-order chi connectivity index (χ0) is 14.5. The van der Waals surface area contributed by atoms with Gasteiger partial charge in [0.15, 0.2) is 0 Å². The molecule has 1 rings (SSSR count). The molecule has 0 aliphatic rings. The molecule has 0 spiro atoms. The molecule has 1 aromatic rings. The van der Waals surface area contributed by atoms with E-state index in [0.717, 1.165) is 5.56 Å². The summed E-state index contributed by atoms with van der Waals surface area (Å²) in [5, 5.41) is 3.78. The predicted octanol–water partition coefficient (Wildman–Crippen LogP) is 2.72. The fourth-order valence-electron chi connectivity index (χ4n) is 1.31. The molecule has 0 aromatic heterocycles. The molecule has 0 aliphatic heterocycles. The van der Waals surface area contributed by atoms with Crippen molar-refractivity contribution in [3.05, 3.63) is 35.4 Å². The van der Waals surface area contributed by atoms with E-state index in [2.05, 4.69) is 10.5 Å². The van der Waals surface area contributed by atoms with Crippen molar-refractivity contribution in [2.24, 2.45) is 10.5 Å². The largest absolute Gasteiger partial charge is 0.299 e. The Kier molecular flexibility index (Phi) is 4.98. The third kappa shape index (κ3) is 5.04. The molecule has 0 fully saturated rings. The molecular formula is C15H20N2O2. The number of carbonyl (C=O) groups excluding carboxylic acids is 2. The Labute approximate surface area is 113 Å². The van der Waals surface area contributed by atoms with Crippen LogP contribution in [0.5, 0.6) is 0 Å². The van der Waals surface area contributed by atoms with E-state index in [9.17, 15) is 9.59 Å². The van der Waals surface area contributed by atoms with E-state index < -0.39 is 0 Å². The van der Waals surface area contributed by atoms with Crippen LogP contribution >= 0.6 is 0 Å². The highest BCUT2D eigenvalue weighted by atomic mass is 16.2. The van der Waals surface area contributed by atoms with E-state index in [0.29, 0.717) is 5.56 Å². The second-order valence-electron chi connectivity index (χ2n) is 5.50. The number of carbonyl (C=O) groups is 2. The number of aryl methyl sites for hydroxylation is 1. The molecule has 0 heterocycles. The van der Waals surface area contributed by atoms with Gasteiger partial charge in [0.25, 0.3) is 5.91 Å². The second kappa shape index (κ2) is 6.27. The molecule has 0 atom stereocenters. The molecular weight excluding hydrogens is 240 g/mol. The molecule has 1 aromatic carbocycles. The third-order valence-electron chi connectivity index (χ3n) is 2.68. The number of hydrogen-bond acceptors (Lipinski definition) is 3. The summed E-state index contributed by atoms with van der Waals surface area (Å²) in [7, 11) is 0. The summed E-state index contributed by atoms with van der Waals surface area (Å²) in [4.78, 5) is 23.3. The summed E-state index contributed by atoms with van der Waals surface area (Å²) in [6.45, 7) is 7.52. The summed E-state index contributed by atoms with van der Waals surface area (Å²) in [5.41, 5.74) is 3.66. The molecule has 1 amide bonds. The third-order valence-corrected chi connectivity index (χ3v) is 2.68. The maximum atomic E-state index is 11.7. The van der Waals surface area contributed by atoms with Crippen molar-refractivity contribution >= 4 is 17.9 Å². The molecule has 0 bridgehead atoms. The van der Waals surface area contributed by atoms with E-state index in [1.807, 2.05) is 39.8 Å². The zero-order valence-corrected chi connectivity index (χ0v) is 11.9. The van der Waals surface area contributed by atoms with Crippen LogP contribution in [0.15, 0.2) is 29.4 Å². The Morgan fingerprint density at radius 1 is 1.21 bits per heavy atom. The van der Waals surface area contributed by atoms with Crippen LogP contribution in [0.4, 0.5) is 0 Å². The first-order chi connectivity index (χ1) is 8.80. The molecule has 0 radical (unpaired) electrons. The lowest BCUT2D eigenvalue weighted by molar-refractivity contribution is -0.124. The molecule has 102 valence electrons. The summed E-state index contributed by atoms with van der Waals surface area (Å²) in [5.74, 6) is -0.194. The van der Waals surface area contributed by atoms with Gasteiger partial charge in [-0.25, -0.2) is 5.43 Å².